The lowest BCUT2D eigenvalue weighted by atomic mass is 10.2. The molecular weight excluding hydrogens is 282 g/mol. The first-order chi connectivity index (χ1) is 10.8. The molecule has 0 aliphatic rings. The number of benzene rings is 1. The smallest absolute Gasteiger partial charge is 0.127 e. The van der Waals surface area contributed by atoms with Crippen LogP contribution >= 0.6 is 0 Å². The van der Waals surface area contributed by atoms with E-state index in [2.05, 4.69) is 12.2 Å². The van der Waals surface area contributed by atoms with Gasteiger partial charge in [0.2, 0.25) is 0 Å². The molecule has 126 valence electrons. The molecule has 0 aliphatic heterocycles. The fraction of sp³-hybridized carbons (Fsp3) is 0.647. The fourth-order valence-corrected chi connectivity index (χ4v) is 1.91. The van der Waals surface area contributed by atoms with Crippen LogP contribution in [0.3, 0.4) is 0 Å². The summed E-state index contributed by atoms with van der Waals surface area (Å²) >= 11 is 0. The van der Waals surface area contributed by atoms with Crippen molar-refractivity contribution >= 4 is 0 Å². The second-order valence-electron chi connectivity index (χ2n) is 4.98. The molecule has 0 fully saturated rings. The minimum absolute atomic E-state index is 0.528. The zero-order valence-electron chi connectivity index (χ0n) is 14.0. The summed E-state index contributed by atoms with van der Waals surface area (Å²) in [5.74, 6) is 1.64. The Kier molecular flexibility index (Phi) is 10.5. The topological polar surface area (TPSA) is 49.0 Å². The van der Waals surface area contributed by atoms with Crippen molar-refractivity contribution in [2.45, 2.75) is 26.3 Å². The maximum absolute atomic E-state index is 5.81. The molecular formula is C17H29NO4. The lowest BCUT2D eigenvalue weighted by Crippen LogP contribution is -2.16. The zero-order chi connectivity index (χ0) is 16.0. The first kappa shape index (κ1) is 18.7. The maximum atomic E-state index is 5.81. The summed E-state index contributed by atoms with van der Waals surface area (Å²) in [6.45, 7) is 6.19. The second-order valence-corrected chi connectivity index (χ2v) is 4.98. The van der Waals surface area contributed by atoms with Gasteiger partial charge in [-0.05, 0) is 19.0 Å². The Hall–Kier alpha value is -1.30. The molecule has 22 heavy (non-hydrogen) atoms. The minimum atomic E-state index is 0.528. The van der Waals surface area contributed by atoms with Crippen molar-refractivity contribution in [1.29, 1.82) is 0 Å². The number of unbranched alkanes of at least 4 members (excludes halogenated alkanes) is 1. The molecule has 0 heterocycles. The Balaban J connectivity index is 2.62. The number of ether oxygens (including phenoxy) is 4. The van der Waals surface area contributed by atoms with Gasteiger partial charge in [0.15, 0.2) is 0 Å². The third kappa shape index (κ3) is 7.64. The van der Waals surface area contributed by atoms with Gasteiger partial charge in [0.1, 0.15) is 24.7 Å². The molecule has 0 radical (unpaired) electrons. The van der Waals surface area contributed by atoms with Gasteiger partial charge in [0.25, 0.3) is 0 Å². The average molecular weight is 311 g/mol. The summed E-state index contributed by atoms with van der Waals surface area (Å²) in [6, 6.07) is 5.95. The van der Waals surface area contributed by atoms with E-state index in [1.807, 2.05) is 18.2 Å². The summed E-state index contributed by atoms with van der Waals surface area (Å²) in [4.78, 5) is 0. The molecule has 0 atom stereocenters. The van der Waals surface area contributed by atoms with Gasteiger partial charge in [-0.15, -0.1) is 0 Å². The third-order valence-corrected chi connectivity index (χ3v) is 3.16. The van der Waals surface area contributed by atoms with Gasteiger partial charge in [-0.2, -0.15) is 0 Å². The molecule has 0 aromatic heterocycles. The van der Waals surface area contributed by atoms with Crippen molar-refractivity contribution in [3.05, 3.63) is 23.8 Å². The Morgan fingerprint density at radius 1 is 0.955 bits per heavy atom. The Morgan fingerprint density at radius 3 is 2.36 bits per heavy atom. The minimum Gasteiger partial charge on any atom is -0.491 e. The van der Waals surface area contributed by atoms with Gasteiger partial charge in [-0.3, -0.25) is 0 Å². The van der Waals surface area contributed by atoms with Crippen LogP contribution in [0.1, 0.15) is 25.3 Å². The maximum Gasteiger partial charge on any atom is 0.127 e. The van der Waals surface area contributed by atoms with Crippen molar-refractivity contribution in [3.63, 3.8) is 0 Å². The summed E-state index contributed by atoms with van der Waals surface area (Å²) in [5.41, 5.74) is 1.13. The molecule has 1 rings (SSSR count). The Bertz CT molecular complexity index is 398. The van der Waals surface area contributed by atoms with Crippen LogP contribution in [0, 0.1) is 0 Å². The van der Waals surface area contributed by atoms with E-state index in [0.29, 0.717) is 26.4 Å². The molecule has 5 nitrogen and oxygen atoms in total. The molecule has 1 N–H and O–H groups in total. The van der Waals surface area contributed by atoms with Crippen molar-refractivity contribution in [1.82, 2.24) is 5.32 Å². The van der Waals surface area contributed by atoms with Gasteiger partial charge in [-0.1, -0.05) is 19.4 Å². The lowest BCUT2D eigenvalue weighted by Gasteiger charge is -2.14. The van der Waals surface area contributed by atoms with E-state index >= 15 is 0 Å². The normalized spacial score (nSPS) is 10.7. The molecule has 1 aromatic rings. The highest BCUT2D eigenvalue weighted by atomic mass is 16.5. The molecule has 0 spiro atoms. The average Bonchev–Trinajstić information content (AvgIpc) is 2.53. The molecule has 0 saturated heterocycles. The van der Waals surface area contributed by atoms with E-state index < -0.39 is 0 Å². The van der Waals surface area contributed by atoms with Gasteiger partial charge in [0, 0.05) is 32.4 Å². The van der Waals surface area contributed by atoms with Crippen LogP contribution in [0.4, 0.5) is 0 Å². The van der Waals surface area contributed by atoms with Crippen molar-refractivity contribution in [3.8, 4) is 11.5 Å². The number of methoxy groups -OCH3 is 2. The highest BCUT2D eigenvalue weighted by Crippen LogP contribution is 2.25. The number of nitrogens with one attached hydrogen (secondary N) is 1. The molecule has 5 heteroatoms. The van der Waals surface area contributed by atoms with E-state index in [-0.39, 0.29) is 0 Å². The standard InChI is InChI=1S/C17H29NO4/c1-4-5-8-18-14-15-6-7-16(21-11-9-19-2)13-17(15)22-12-10-20-3/h6-7,13,18H,4-5,8-12,14H2,1-3H3. The van der Waals surface area contributed by atoms with Crippen molar-refractivity contribution in [2.24, 2.45) is 0 Å². The predicted molar refractivity (Wildman–Crippen MR) is 87.8 cm³/mol. The van der Waals surface area contributed by atoms with Crippen molar-refractivity contribution < 1.29 is 18.9 Å². The predicted octanol–water partition coefficient (Wildman–Crippen LogP) is 2.63. The summed E-state index contributed by atoms with van der Waals surface area (Å²) in [6.07, 6.45) is 2.37. The first-order valence-corrected chi connectivity index (χ1v) is 7.89. The van der Waals surface area contributed by atoms with Crippen LogP contribution < -0.4 is 14.8 Å². The van der Waals surface area contributed by atoms with E-state index in [4.69, 9.17) is 18.9 Å². The Labute approximate surface area is 133 Å². The van der Waals surface area contributed by atoms with E-state index in [9.17, 15) is 0 Å². The van der Waals surface area contributed by atoms with Crippen LogP contribution in [-0.4, -0.2) is 47.2 Å². The Morgan fingerprint density at radius 2 is 1.68 bits per heavy atom. The lowest BCUT2D eigenvalue weighted by molar-refractivity contribution is 0.142. The van der Waals surface area contributed by atoms with Crippen LogP contribution in [-0.2, 0) is 16.0 Å². The molecule has 0 aliphatic carbocycles. The van der Waals surface area contributed by atoms with Gasteiger partial charge < -0.3 is 24.3 Å². The number of rotatable bonds is 13. The molecule has 0 bridgehead atoms. The van der Waals surface area contributed by atoms with Crippen LogP contribution in [0.25, 0.3) is 0 Å². The largest absolute Gasteiger partial charge is 0.491 e. The summed E-state index contributed by atoms with van der Waals surface area (Å²) in [7, 11) is 3.33. The van der Waals surface area contributed by atoms with Gasteiger partial charge >= 0.3 is 0 Å². The SMILES string of the molecule is CCCCNCc1ccc(OCCOC)cc1OCCOC. The van der Waals surface area contributed by atoms with E-state index in [1.54, 1.807) is 14.2 Å². The third-order valence-electron chi connectivity index (χ3n) is 3.16. The van der Waals surface area contributed by atoms with E-state index in [0.717, 1.165) is 30.2 Å². The van der Waals surface area contributed by atoms with Crippen LogP contribution in [0.15, 0.2) is 18.2 Å². The summed E-state index contributed by atoms with van der Waals surface area (Å²) < 4.78 is 21.5. The number of hydrogen-bond donors (Lipinski definition) is 1. The van der Waals surface area contributed by atoms with Crippen LogP contribution in [0.5, 0.6) is 11.5 Å². The molecule has 0 amide bonds. The number of hydrogen-bond acceptors (Lipinski definition) is 5. The monoisotopic (exact) mass is 311 g/mol. The first-order valence-electron chi connectivity index (χ1n) is 7.89. The van der Waals surface area contributed by atoms with Gasteiger partial charge in [-0.25, -0.2) is 0 Å². The fourth-order valence-electron chi connectivity index (χ4n) is 1.91. The van der Waals surface area contributed by atoms with Crippen LogP contribution in [0.2, 0.25) is 0 Å². The molecule has 0 saturated carbocycles. The zero-order valence-corrected chi connectivity index (χ0v) is 14.0. The highest BCUT2D eigenvalue weighted by Gasteiger charge is 2.06. The van der Waals surface area contributed by atoms with E-state index in [1.165, 1.54) is 12.8 Å². The van der Waals surface area contributed by atoms with Crippen molar-refractivity contribution in [2.75, 3.05) is 47.2 Å². The van der Waals surface area contributed by atoms with Gasteiger partial charge in [0.05, 0.1) is 13.2 Å². The highest BCUT2D eigenvalue weighted by molar-refractivity contribution is 5.40. The quantitative estimate of drug-likeness (QED) is 0.568. The second kappa shape index (κ2) is 12.3. The molecule has 0 unspecified atom stereocenters. The molecule has 1 aromatic carbocycles. The summed E-state index contributed by atoms with van der Waals surface area (Å²) in [5, 5.41) is 3.43.